The highest BCUT2D eigenvalue weighted by Gasteiger charge is 2.25. The Morgan fingerprint density at radius 1 is 1.25 bits per heavy atom. The minimum Gasteiger partial charge on any atom is -0.355 e. The van der Waals surface area contributed by atoms with Crippen molar-refractivity contribution in [2.24, 2.45) is 5.41 Å². The summed E-state index contributed by atoms with van der Waals surface area (Å²) in [6.07, 6.45) is 2.43. The van der Waals surface area contributed by atoms with Gasteiger partial charge in [0, 0.05) is 13.1 Å². The number of hydrogen-bond donors (Lipinski definition) is 0. The maximum atomic E-state index is 5.69. The third-order valence-corrected chi connectivity index (χ3v) is 3.56. The first-order chi connectivity index (χ1) is 7.61. The highest BCUT2D eigenvalue weighted by Crippen LogP contribution is 2.31. The van der Waals surface area contributed by atoms with Gasteiger partial charge in [0.05, 0.1) is 11.6 Å². The van der Waals surface area contributed by atoms with Crippen molar-refractivity contribution in [3.63, 3.8) is 0 Å². The molecule has 0 amide bonds. The van der Waals surface area contributed by atoms with Crippen molar-refractivity contribution in [2.45, 2.75) is 32.6 Å². The lowest BCUT2D eigenvalue weighted by molar-refractivity contribution is 0.279. The van der Waals surface area contributed by atoms with E-state index in [9.17, 15) is 0 Å². The zero-order chi connectivity index (χ0) is 11.6. The van der Waals surface area contributed by atoms with Gasteiger partial charge in [0.2, 0.25) is 0 Å². The van der Waals surface area contributed by atoms with E-state index in [-0.39, 0.29) is 0 Å². The van der Waals surface area contributed by atoms with Crippen molar-refractivity contribution in [1.82, 2.24) is 10.2 Å². The molecule has 1 aliphatic heterocycles. The summed E-state index contributed by atoms with van der Waals surface area (Å²) in [6.45, 7) is 6.79. The smallest absolute Gasteiger partial charge is 0.151 e. The molecule has 3 nitrogen and oxygen atoms in total. The van der Waals surface area contributed by atoms with E-state index in [0.717, 1.165) is 24.6 Å². The minimum atomic E-state index is 0.431. The van der Waals surface area contributed by atoms with Crippen molar-refractivity contribution < 1.29 is 0 Å². The van der Waals surface area contributed by atoms with Gasteiger partial charge < -0.3 is 4.90 Å². The lowest BCUT2D eigenvalue weighted by atomic mass is 9.83. The highest BCUT2D eigenvalue weighted by atomic mass is 35.5. The van der Waals surface area contributed by atoms with Gasteiger partial charge in [-0.1, -0.05) is 13.8 Å². The quantitative estimate of drug-likeness (QED) is 0.744. The first-order valence-electron chi connectivity index (χ1n) is 5.74. The summed E-state index contributed by atoms with van der Waals surface area (Å²) in [5.41, 5.74) is 1.31. The van der Waals surface area contributed by atoms with Crippen molar-refractivity contribution in [3.8, 4) is 0 Å². The lowest BCUT2D eigenvalue weighted by Crippen LogP contribution is -2.37. The Kier molecular flexibility index (Phi) is 3.33. The van der Waals surface area contributed by atoms with E-state index in [1.807, 2.05) is 12.1 Å². The summed E-state index contributed by atoms with van der Waals surface area (Å²) in [6, 6.07) is 3.97. The molecule has 1 aliphatic rings. The molecule has 88 valence electrons. The third kappa shape index (κ3) is 2.64. The van der Waals surface area contributed by atoms with E-state index in [4.69, 9.17) is 11.6 Å². The van der Waals surface area contributed by atoms with Gasteiger partial charge >= 0.3 is 0 Å². The van der Waals surface area contributed by atoms with Crippen LogP contribution in [0.15, 0.2) is 12.1 Å². The summed E-state index contributed by atoms with van der Waals surface area (Å²) >= 11 is 5.69. The van der Waals surface area contributed by atoms with Crippen LogP contribution >= 0.6 is 11.6 Å². The molecule has 1 aromatic heterocycles. The van der Waals surface area contributed by atoms with E-state index < -0.39 is 0 Å². The summed E-state index contributed by atoms with van der Waals surface area (Å²) in [5, 5.41) is 8.30. The molecule has 2 heterocycles. The molecular formula is C12H18ClN3. The second kappa shape index (κ2) is 4.58. The fraction of sp³-hybridized carbons (Fsp3) is 0.667. The number of alkyl halides is 1. The van der Waals surface area contributed by atoms with Crippen molar-refractivity contribution in [3.05, 3.63) is 17.8 Å². The SMILES string of the molecule is CC1(C)CCN(c2ccc(CCl)nn2)CC1. The summed E-state index contributed by atoms with van der Waals surface area (Å²) < 4.78 is 0. The first-order valence-corrected chi connectivity index (χ1v) is 6.28. The molecule has 4 heteroatoms. The Morgan fingerprint density at radius 3 is 2.44 bits per heavy atom. The minimum absolute atomic E-state index is 0.431. The second-order valence-electron chi connectivity index (χ2n) is 5.17. The molecule has 0 aromatic carbocycles. The molecule has 0 radical (unpaired) electrons. The summed E-state index contributed by atoms with van der Waals surface area (Å²) in [7, 11) is 0. The average Bonchev–Trinajstić information content (AvgIpc) is 2.29. The second-order valence-corrected chi connectivity index (χ2v) is 5.44. The number of halogens is 1. The molecule has 0 spiro atoms. The molecule has 0 N–H and O–H groups in total. The predicted octanol–water partition coefficient (Wildman–Crippen LogP) is 2.84. The number of aromatic nitrogens is 2. The monoisotopic (exact) mass is 239 g/mol. The van der Waals surface area contributed by atoms with Crippen LogP contribution in [0.3, 0.4) is 0 Å². The molecular weight excluding hydrogens is 222 g/mol. The number of rotatable bonds is 2. The standard InChI is InChI=1S/C12H18ClN3/c1-12(2)5-7-16(8-6-12)11-4-3-10(9-13)14-15-11/h3-4H,5-9H2,1-2H3. The van der Waals surface area contributed by atoms with Gasteiger partial charge in [-0.25, -0.2) is 0 Å². The van der Waals surface area contributed by atoms with Crippen LogP contribution in [0.4, 0.5) is 5.82 Å². The van der Waals surface area contributed by atoms with E-state index in [2.05, 4.69) is 28.9 Å². The highest BCUT2D eigenvalue weighted by molar-refractivity contribution is 6.16. The molecule has 0 saturated carbocycles. The van der Waals surface area contributed by atoms with Crippen LogP contribution in [0.5, 0.6) is 0 Å². The fourth-order valence-electron chi connectivity index (χ4n) is 1.93. The van der Waals surface area contributed by atoms with Crippen molar-refractivity contribution >= 4 is 17.4 Å². The van der Waals surface area contributed by atoms with E-state index >= 15 is 0 Å². The van der Waals surface area contributed by atoms with Crippen LogP contribution in [0.2, 0.25) is 0 Å². The molecule has 1 aromatic rings. The summed E-state index contributed by atoms with van der Waals surface area (Å²) in [4.78, 5) is 2.30. The van der Waals surface area contributed by atoms with Crippen molar-refractivity contribution in [2.75, 3.05) is 18.0 Å². The molecule has 16 heavy (non-hydrogen) atoms. The largest absolute Gasteiger partial charge is 0.355 e. The number of piperidine rings is 1. The summed E-state index contributed by atoms with van der Waals surface area (Å²) in [5.74, 6) is 1.41. The van der Waals surface area contributed by atoms with Crippen LogP contribution in [0.1, 0.15) is 32.4 Å². The van der Waals surface area contributed by atoms with Gasteiger partial charge in [-0.2, -0.15) is 5.10 Å². The van der Waals surface area contributed by atoms with Gasteiger partial charge in [-0.05, 0) is 30.4 Å². The van der Waals surface area contributed by atoms with Crippen LogP contribution in [-0.4, -0.2) is 23.3 Å². The lowest BCUT2D eigenvalue weighted by Gasteiger charge is -2.37. The zero-order valence-electron chi connectivity index (χ0n) is 9.91. The van der Waals surface area contributed by atoms with E-state index in [0.29, 0.717) is 11.3 Å². The van der Waals surface area contributed by atoms with Gasteiger partial charge in [0.25, 0.3) is 0 Å². The molecule has 1 saturated heterocycles. The predicted molar refractivity (Wildman–Crippen MR) is 66.8 cm³/mol. The van der Waals surface area contributed by atoms with Crippen LogP contribution < -0.4 is 4.90 Å². The van der Waals surface area contributed by atoms with Crippen LogP contribution in [0.25, 0.3) is 0 Å². The Hall–Kier alpha value is -0.830. The fourth-order valence-corrected chi connectivity index (χ4v) is 2.08. The van der Waals surface area contributed by atoms with Crippen molar-refractivity contribution in [1.29, 1.82) is 0 Å². The molecule has 0 bridgehead atoms. The van der Waals surface area contributed by atoms with Gasteiger partial charge in [-0.15, -0.1) is 16.7 Å². The van der Waals surface area contributed by atoms with E-state index in [1.54, 1.807) is 0 Å². The third-order valence-electron chi connectivity index (χ3n) is 3.28. The molecule has 1 fully saturated rings. The Bertz CT molecular complexity index is 338. The number of hydrogen-bond acceptors (Lipinski definition) is 3. The van der Waals surface area contributed by atoms with Crippen LogP contribution in [-0.2, 0) is 5.88 Å². The maximum absolute atomic E-state index is 5.69. The average molecular weight is 240 g/mol. The van der Waals surface area contributed by atoms with Crippen LogP contribution in [0, 0.1) is 5.41 Å². The molecule has 0 aliphatic carbocycles. The topological polar surface area (TPSA) is 29.0 Å². The Balaban J connectivity index is 2.03. The van der Waals surface area contributed by atoms with E-state index in [1.165, 1.54) is 12.8 Å². The van der Waals surface area contributed by atoms with Gasteiger partial charge in [-0.3, -0.25) is 0 Å². The number of nitrogens with zero attached hydrogens (tertiary/aromatic N) is 3. The first kappa shape index (κ1) is 11.6. The Labute approximate surface area is 102 Å². The van der Waals surface area contributed by atoms with Gasteiger partial charge in [0.15, 0.2) is 5.82 Å². The molecule has 0 atom stereocenters. The zero-order valence-corrected chi connectivity index (χ0v) is 10.7. The Morgan fingerprint density at radius 2 is 1.94 bits per heavy atom. The molecule has 2 rings (SSSR count). The normalized spacial score (nSPS) is 19.8. The van der Waals surface area contributed by atoms with Gasteiger partial charge in [0.1, 0.15) is 0 Å². The molecule has 0 unspecified atom stereocenters. The number of anilines is 1. The maximum Gasteiger partial charge on any atom is 0.151 e.